The van der Waals surface area contributed by atoms with Crippen LogP contribution in [0.2, 0.25) is 0 Å². The molecule has 0 spiro atoms. The van der Waals surface area contributed by atoms with Gasteiger partial charge < -0.3 is 57.1 Å². The summed E-state index contributed by atoms with van der Waals surface area (Å²) >= 11 is 1.51. The molecule has 0 aliphatic rings. The number of aromatic nitrogens is 18. The zero-order valence-electron chi connectivity index (χ0n) is 59.1. The highest BCUT2D eigenvalue weighted by molar-refractivity contribution is 7.13. The normalized spacial score (nSPS) is 10.8. The maximum Gasteiger partial charge on any atom is 0.321 e. The van der Waals surface area contributed by atoms with Crippen LogP contribution >= 0.6 is 11.3 Å². The van der Waals surface area contributed by atoms with Crippen LogP contribution in [0.3, 0.4) is 0 Å². The van der Waals surface area contributed by atoms with E-state index in [0.717, 1.165) is 116 Å². The van der Waals surface area contributed by atoms with Gasteiger partial charge in [0.2, 0.25) is 41.6 Å². The lowest BCUT2D eigenvalue weighted by atomic mass is 10.0. The van der Waals surface area contributed by atoms with Crippen molar-refractivity contribution in [2.24, 2.45) is 0 Å². The first-order chi connectivity index (χ1) is 53.1. The lowest BCUT2D eigenvalue weighted by Gasteiger charge is -2.06. The molecular formula is C75H70N28O5S. The summed E-state index contributed by atoms with van der Waals surface area (Å²) in [6.45, 7) is 11.3. The van der Waals surface area contributed by atoms with Gasteiger partial charge in [-0.25, -0.2) is 69.0 Å². The summed E-state index contributed by atoms with van der Waals surface area (Å²) in [6.07, 6.45) is 20.6. The number of benzene rings is 4. The number of nitrogens with two attached hydrogens (primary N) is 2. The average Bonchev–Trinajstić information content (AvgIpc) is 1.69. The number of fused-ring (bicyclic) bond motifs is 4. The summed E-state index contributed by atoms with van der Waals surface area (Å²) in [4.78, 5) is 120. The molecule has 0 aliphatic heterocycles. The number of carbonyl (C=O) groups is 4. The number of imidazole rings is 4. The van der Waals surface area contributed by atoms with Crippen LogP contribution in [0.5, 0.6) is 0 Å². The van der Waals surface area contributed by atoms with Crippen molar-refractivity contribution < 1.29 is 23.6 Å². The van der Waals surface area contributed by atoms with Crippen molar-refractivity contribution in [1.82, 2.24) is 111 Å². The zero-order valence-corrected chi connectivity index (χ0v) is 59.9. The van der Waals surface area contributed by atoms with E-state index in [1.54, 1.807) is 68.2 Å². The van der Waals surface area contributed by atoms with E-state index in [1.807, 2.05) is 155 Å². The fourth-order valence-corrected chi connectivity index (χ4v) is 11.9. The minimum Gasteiger partial charge on any atom is -0.441 e. The fraction of sp³-hybridized carbons (Fsp3) is 0.120. The van der Waals surface area contributed by atoms with Gasteiger partial charge in [-0.05, 0) is 142 Å². The van der Waals surface area contributed by atoms with Gasteiger partial charge in [0.25, 0.3) is 0 Å². The first-order valence-corrected chi connectivity index (χ1v) is 35.0. The van der Waals surface area contributed by atoms with Crippen molar-refractivity contribution in [1.29, 1.82) is 0 Å². The van der Waals surface area contributed by atoms with Crippen LogP contribution in [0.25, 0.3) is 133 Å². The smallest absolute Gasteiger partial charge is 0.321 e. The molecule has 8 amide bonds. The van der Waals surface area contributed by atoms with Gasteiger partial charge in [-0.1, -0.05) is 24.3 Å². The molecule has 0 fully saturated rings. The number of nitrogens with one attached hydrogen (secondary N) is 12. The number of thiazole rings is 1. The molecule has 4 aromatic carbocycles. The van der Waals surface area contributed by atoms with E-state index in [1.165, 1.54) is 11.3 Å². The number of anilines is 6. The van der Waals surface area contributed by atoms with Gasteiger partial charge in [-0.3, -0.25) is 41.2 Å². The highest BCUT2D eigenvalue weighted by Gasteiger charge is 2.21. The number of pyridine rings is 4. The van der Waals surface area contributed by atoms with E-state index in [2.05, 4.69) is 132 Å². The molecule has 0 atom stereocenters. The van der Waals surface area contributed by atoms with Crippen LogP contribution in [0.15, 0.2) is 193 Å². The van der Waals surface area contributed by atoms with Gasteiger partial charge in [-0.15, -0.1) is 11.3 Å². The molecule has 0 radical (unpaired) electrons. The van der Waals surface area contributed by atoms with Crippen molar-refractivity contribution in [3.05, 3.63) is 195 Å². The minimum atomic E-state index is -0.326. The largest absolute Gasteiger partial charge is 0.441 e. The summed E-state index contributed by atoms with van der Waals surface area (Å²) in [7, 11) is 0. The molecule has 109 heavy (non-hydrogen) atoms. The zero-order chi connectivity index (χ0) is 75.8. The van der Waals surface area contributed by atoms with Gasteiger partial charge in [0.1, 0.15) is 21.8 Å². The quantitative estimate of drug-likeness (QED) is 0.0427. The maximum absolute atomic E-state index is 11.8. The van der Waals surface area contributed by atoms with Crippen molar-refractivity contribution in [3.63, 3.8) is 0 Å². The molecule has 0 bridgehead atoms. The number of urea groups is 4. The van der Waals surface area contributed by atoms with Crippen molar-refractivity contribution in [2.75, 3.05) is 58.9 Å². The molecule has 12 aromatic heterocycles. The molecule has 0 saturated heterocycles. The van der Waals surface area contributed by atoms with Gasteiger partial charge in [0.15, 0.2) is 0 Å². The highest BCUT2D eigenvalue weighted by Crippen LogP contribution is 2.38. The monoisotopic (exact) mass is 1470 g/mol. The van der Waals surface area contributed by atoms with Gasteiger partial charge in [-0.2, -0.15) is 0 Å². The molecule has 12 heterocycles. The van der Waals surface area contributed by atoms with Gasteiger partial charge in [0.05, 0.1) is 56.2 Å². The molecule has 16 N–H and O–H groups in total. The Morgan fingerprint density at radius 3 is 1.10 bits per heavy atom. The van der Waals surface area contributed by atoms with Crippen LogP contribution < -0.4 is 54.0 Å². The van der Waals surface area contributed by atoms with Crippen LogP contribution in [0, 0.1) is 6.92 Å². The number of aryl methyl sites for hydroxylation is 1. The van der Waals surface area contributed by atoms with E-state index in [0.29, 0.717) is 72.7 Å². The molecule has 546 valence electrons. The molecule has 0 unspecified atom stereocenters. The summed E-state index contributed by atoms with van der Waals surface area (Å²) < 4.78 is 5.72. The molecule has 34 heteroatoms. The fourth-order valence-electron chi connectivity index (χ4n) is 11.3. The number of hydrogen-bond acceptors (Lipinski definition) is 22. The van der Waals surface area contributed by atoms with E-state index in [4.69, 9.17) is 15.9 Å². The van der Waals surface area contributed by atoms with E-state index < -0.39 is 0 Å². The van der Waals surface area contributed by atoms with Gasteiger partial charge in [0, 0.05) is 139 Å². The minimum absolute atomic E-state index is 0.213. The molecule has 33 nitrogen and oxygen atoms in total. The third kappa shape index (κ3) is 17.6. The van der Waals surface area contributed by atoms with Crippen LogP contribution in [-0.2, 0) is 0 Å². The molecule has 0 aliphatic carbocycles. The molecule has 16 aromatic rings. The van der Waals surface area contributed by atoms with E-state index >= 15 is 0 Å². The van der Waals surface area contributed by atoms with Crippen molar-refractivity contribution in [2.45, 2.75) is 34.6 Å². The Morgan fingerprint density at radius 2 is 0.761 bits per heavy atom. The molecular weight excluding hydrogens is 1410 g/mol. The number of nitrogen functional groups attached to an aromatic ring is 2. The summed E-state index contributed by atoms with van der Waals surface area (Å²) in [6, 6.07) is 33.7. The Kier molecular flexibility index (Phi) is 22.4. The number of carbonyl (C=O) groups excluding carboxylic acids is 4. The second-order valence-electron chi connectivity index (χ2n) is 23.6. The van der Waals surface area contributed by atoms with Crippen molar-refractivity contribution in [3.8, 4) is 89.0 Å². The highest BCUT2D eigenvalue weighted by atomic mass is 32.1. The van der Waals surface area contributed by atoms with Crippen LogP contribution in [-0.4, -0.2) is 140 Å². The van der Waals surface area contributed by atoms with Gasteiger partial charge >= 0.3 is 24.1 Å². The standard InChI is InChI=1S/C20H18N6O.C19H18N8O.C19H18N6O2.C17H16N8OS/c1-2-22-20(27)26-19-24-17-11-14(13-6-5-8-21-12-13)10-15(18(17)25-19)16-7-3-4-9-23-16;1-2-21-19(28)27-18-25-15-8-11(12-9-23-17(20)24-10-12)7-13(16(15)26-18)14-5-3-4-6-22-14;1-3-21-19(26)25-18-23-15-8-13(12-5-4-6-20-10-12)7-14(16(15)24-18)17-22-9-11(2)27-17;1-2-19-17(26)25-16-23-12-6-9(10-7-21-15(18)22-8-10)5-11(13(12)24-16)14-20-3-4-27-14/h3-12H,2H2,1H3,(H3,22,24,25,26,27);3-10H,2H2,1H3,(H2,20,23,24)(H3,21,25,26,27,28);4-10H,3H2,1-2H3,(H3,21,23,24,25,26);3-8H,2H2,1H3,(H2,18,21,22)(H3,19,23,24,25,26). The van der Waals surface area contributed by atoms with Crippen molar-refractivity contribution >= 4 is 115 Å². The lowest BCUT2D eigenvalue weighted by molar-refractivity contribution is 0.251. The van der Waals surface area contributed by atoms with Crippen LogP contribution in [0.4, 0.5) is 54.9 Å². The molecule has 16 rings (SSSR count). The summed E-state index contributed by atoms with van der Waals surface area (Å²) in [5, 5.41) is 24.3. The third-order valence-electron chi connectivity index (χ3n) is 16.0. The predicted molar refractivity (Wildman–Crippen MR) is 420 cm³/mol. The third-order valence-corrected chi connectivity index (χ3v) is 16.8. The first kappa shape index (κ1) is 72.4. The lowest BCUT2D eigenvalue weighted by Crippen LogP contribution is -2.28. The Morgan fingerprint density at radius 1 is 0.385 bits per heavy atom. The summed E-state index contributed by atoms with van der Waals surface area (Å²) in [5.74, 6) is 3.06. The second kappa shape index (κ2) is 33.7. The Balaban J connectivity index is 0.000000128. The second-order valence-corrected chi connectivity index (χ2v) is 24.5. The predicted octanol–water partition coefficient (Wildman–Crippen LogP) is 13.2. The van der Waals surface area contributed by atoms with Crippen LogP contribution in [0.1, 0.15) is 33.5 Å². The maximum atomic E-state index is 11.8. The SMILES string of the molecule is CCNC(=O)Nc1nc2c(-c3ccccn3)cc(-c3cccnc3)cc2[nH]1.CCNC(=O)Nc1nc2c(-c3ccccn3)cc(-c3cnc(N)nc3)cc2[nH]1.CCNC(=O)Nc1nc2c(-c3ncc(C)o3)cc(-c3cccnc3)cc2[nH]1.CCNC(=O)Nc1nc2c(-c3nccs3)cc(-c3cnc(N)nc3)cc2[nH]1. The molecule has 0 saturated carbocycles. The summed E-state index contributed by atoms with van der Waals surface area (Å²) in [5.41, 5.74) is 29.2. The number of amides is 8. The number of aromatic amines is 4. The first-order valence-electron chi connectivity index (χ1n) is 34.1. The number of rotatable bonds is 16. The Bertz CT molecular complexity index is 5820. The number of H-pyrrole nitrogens is 4. The van der Waals surface area contributed by atoms with E-state index in [-0.39, 0.29) is 36.0 Å². The average molecular weight is 1480 g/mol. The number of nitrogens with zero attached hydrogens (tertiary/aromatic N) is 14. The Hall–Kier alpha value is -15.0. The Labute approximate surface area is 624 Å². The number of hydrogen-bond donors (Lipinski definition) is 14. The topological polar surface area (TPSA) is 473 Å². The van der Waals surface area contributed by atoms with E-state index in [9.17, 15) is 19.2 Å². The number of oxazole rings is 1.